The summed E-state index contributed by atoms with van der Waals surface area (Å²) in [7, 11) is 0. The highest BCUT2D eigenvalue weighted by Crippen LogP contribution is 2.27. The molecule has 3 heterocycles. The van der Waals surface area contributed by atoms with Gasteiger partial charge in [-0.05, 0) is 19.3 Å². The van der Waals surface area contributed by atoms with Gasteiger partial charge in [0.2, 0.25) is 0 Å². The zero-order valence-electron chi connectivity index (χ0n) is 17.0. The van der Waals surface area contributed by atoms with Gasteiger partial charge in [-0.3, -0.25) is 0 Å². The third kappa shape index (κ3) is 4.50. The highest BCUT2D eigenvalue weighted by Gasteiger charge is 2.28. The van der Waals surface area contributed by atoms with Crippen LogP contribution in [0.5, 0.6) is 0 Å². The van der Waals surface area contributed by atoms with Crippen LogP contribution < -0.4 is 5.32 Å². The molecule has 0 aliphatic carbocycles. The quantitative estimate of drug-likeness (QED) is 0.531. The zero-order valence-corrected chi connectivity index (χ0v) is 17.0. The Hall–Kier alpha value is -3.09. The second-order valence-electron chi connectivity index (χ2n) is 7.51. The average molecular weight is 393 g/mol. The van der Waals surface area contributed by atoms with Crippen molar-refractivity contribution in [2.75, 3.05) is 19.6 Å². The normalized spacial score (nSPS) is 20.1. The summed E-state index contributed by atoms with van der Waals surface area (Å²) in [5.41, 5.74) is 1.85. The summed E-state index contributed by atoms with van der Waals surface area (Å²) in [6, 6.07) is 12.4. The Morgan fingerprint density at radius 3 is 2.93 bits per heavy atom. The fourth-order valence-electron chi connectivity index (χ4n) is 3.80. The average Bonchev–Trinajstić information content (AvgIpc) is 3.45. The van der Waals surface area contributed by atoms with E-state index >= 15 is 0 Å². The van der Waals surface area contributed by atoms with Crippen LogP contribution in [0.25, 0.3) is 11.3 Å². The molecular formula is C22H28N6O. The monoisotopic (exact) mass is 392 g/mol. The summed E-state index contributed by atoms with van der Waals surface area (Å²) in [5.74, 6) is 2.30. The molecule has 1 aromatic carbocycles. The molecule has 152 valence electrons. The minimum absolute atomic E-state index is 0.395. The molecular weight excluding hydrogens is 364 g/mol. The summed E-state index contributed by atoms with van der Waals surface area (Å²) >= 11 is 0. The molecule has 0 bridgehead atoms. The van der Waals surface area contributed by atoms with Crippen molar-refractivity contribution in [1.82, 2.24) is 24.9 Å². The van der Waals surface area contributed by atoms with Gasteiger partial charge in [0.05, 0.1) is 18.9 Å². The molecule has 1 fully saturated rings. The second-order valence-corrected chi connectivity index (χ2v) is 7.51. The van der Waals surface area contributed by atoms with Crippen LogP contribution in [-0.4, -0.2) is 45.2 Å². The number of piperidine rings is 1. The SMILES string of the molecule is CCNC(=NCc1cc(-c2ccccc2)on1)N1CCC(C)C(n2ccnc2)C1. The smallest absolute Gasteiger partial charge is 0.194 e. The number of aromatic nitrogens is 3. The number of aliphatic imine (C=N–C) groups is 1. The van der Waals surface area contributed by atoms with Gasteiger partial charge in [-0.2, -0.15) is 0 Å². The van der Waals surface area contributed by atoms with E-state index in [4.69, 9.17) is 9.52 Å². The van der Waals surface area contributed by atoms with Crippen molar-refractivity contribution in [3.63, 3.8) is 0 Å². The van der Waals surface area contributed by atoms with E-state index in [1.165, 1.54) is 0 Å². The van der Waals surface area contributed by atoms with E-state index < -0.39 is 0 Å². The van der Waals surface area contributed by atoms with Gasteiger partial charge in [-0.15, -0.1) is 0 Å². The van der Waals surface area contributed by atoms with Crippen LogP contribution in [0, 0.1) is 5.92 Å². The minimum Gasteiger partial charge on any atom is -0.357 e. The summed E-state index contributed by atoms with van der Waals surface area (Å²) in [4.78, 5) is 11.4. The van der Waals surface area contributed by atoms with Gasteiger partial charge in [-0.25, -0.2) is 9.98 Å². The highest BCUT2D eigenvalue weighted by molar-refractivity contribution is 5.80. The predicted octanol–water partition coefficient (Wildman–Crippen LogP) is 3.59. The van der Waals surface area contributed by atoms with Gasteiger partial charge in [0.1, 0.15) is 5.69 Å². The molecule has 1 aliphatic rings. The first-order chi connectivity index (χ1) is 14.2. The van der Waals surface area contributed by atoms with Crippen molar-refractivity contribution in [2.24, 2.45) is 10.9 Å². The van der Waals surface area contributed by atoms with Gasteiger partial charge in [0.25, 0.3) is 0 Å². The van der Waals surface area contributed by atoms with Crippen molar-refractivity contribution in [2.45, 2.75) is 32.9 Å². The van der Waals surface area contributed by atoms with Crippen molar-refractivity contribution >= 4 is 5.96 Å². The Morgan fingerprint density at radius 1 is 1.31 bits per heavy atom. The molecule has 3 aromatic rings. The molecule has 0 spiro atoms. The van der Waals surface area contributed by atoms with Crippen LogP contribution in [0.2, 0.25) is 0 Å². The summed E-state index contributed by atoms with van der Waals surface area (Å²) in [6.07, 6.45) is 6.93. The number of nitrogens with zero attached hydrogens (tertiary/aromatic N) is 5. The van der Waals surface area contributed by atoms with E-state index in [-0.39, 0.29) is 0 Å². The topological polar surface area (TPSA) is 71.5 Å². The number of benzene rings is 1. The Kier molecular flexibility index (Phi) is 5.93. The molecule has 0 saturated carbocycles. The third-order valence-electron chi connectivity index (χ3n) is 5.47. The maximum atomic E-state index is 5.50. The lowest BCUT2D eigenvalue weighted by atomic mass is 9.93. The lowest BCUT2D eigenvalue weighted by Gasteiger charge is -2.39. The van der Waals surface area contributed by atoms with Crippen molar-refractivity contribution in [1.29, 1.82) is 0 Å². The molecule has 2 unspecified atom stereocenters. The number of hydrogen-bond donors (Lipinski definition) is 1. The maximum absolute atomic E-state index is 5.50. The fourth-order valence-corrected chi connectivity index (χ4v) is 3.80. The Bertz CT molecular complexity index is 918. The molecule has 2 aromatic heterocycles. The molecule has 7 heteroatoms. The largest absolute Gasteiger partial charge is 0.357 e. The molecule has 29 heavy (non-hydrogen) atoms. The molecule has 0 amide bonds. The molecule has 7 nitrogen and oxygen atoms in total. The number of nitrogens with one attached hydrogen (secondary N) is 1. The minimum atomic E-state index is 0.395. The first-order valence-electron chi connectivity index (χ1n) is 10.3. The van der Waals surface area contributed by atoms with E-state index in [1.54, 1.807) is 0 Å². The Morgan fingerprint density at radius 2 is 2.17 bits per heavy atom. The number of guanidine groups is 1. The van der Waals surface area contributed by atoms with E-state index in [9.17, 15) is 0 Å². The van der Waals surface area contributed by atoms with Crippen molar-refractivity contribution in [3.8, 4) is 11.3 Å². The van der Waals surface area contributed by atoms with Gasteiger partial charge in [0, 0.05) is 43.7 Å². The maximum Gasteiger partial charge on any atom is 0.194 e. The first kappa shape index (κ1) is 19.2. The summed E-state index contributed by atoms with van der Waals surface area (Å²) < 4.78 is 7.72. The van der Waals surface area contributed by atoms with Crippen LogP contribution in [0.3, 0.4) is 0 Å². The summed E-state index contributed by atoms with van der Waals surface area (Å²) in [6.45, 7) is 7.63. The molecule has 1 saturated heterocycles. The van der Waals surface area contributed by atoms with E-state index in [0.717, 1.165) is 49.0 Å². The zero-order chi connectivity index (χ0) is 20.1. The van der Waals surface area contributed by atoms with Crippen LogP contribution in [0.1, 0.15) is 32.0 Å². The Labute approximate surface area is 171 Å². The van der Waals surface area contributed by atoms with Crippen molar-refractivity contribution in [3.05, 3.63) is 60.8 Å². The van der Waals surface area contributed by atoms with E-state index in [2.05, 4.69) is 45.0 Å². The molecule has 1 N–H and O–H groups in total. The lowest BCUT2D eigenvalue weighted by molar-refractivity contribution is 0.189. The van der Waals surface area contributed by atoms with Crippen LogP contribution in [0.4, 0.5) is 0 Å². The second kappa shape index (κ2) is 8.94. The molecule has 2 atom stereocenters. The van der Waals surface area contributed by atoms with Gasteiger partial charge in [-0.1, -0.05) is 42.4 Å². The molecule has 4 rings (SSSR count). The van der Waals surface area contributed by atoms with Crippen molar-refractivity contribution < 1.29 is 4.52 Å². The molecule has 1 aliphatic heterocycles. The lowest BCUT2D eigenvalue weighted by Crippen LogP contribution is -2.49. The summed E-state index contributed by atoms with van der Waals surface area (Å²) in [5, 5.41) is 7.63. The van der Waals surface area contributed by atoms with Crippen LogP contribution >= 0.6 is 0 Å². The predicted molar refractivity (Wildman–Crippen MR) is 113 cm³/mol. The van der Waals surface area contributed by atoms with Gasteiger partial charge in [0.15, 0.2) is 11.7 Å². The number of likely N-dealkylation sites (tertiary alicyclic amines) is 1. The number of hydrogen-bond acceptors (Lipinski definition) is 4. The number of imidazole rings is 1. The van der Waals surface area contributed by atoms with Gasteiger partial charge < -0.3 is 19.3 Å². The fraction of sp³-hybridized carbons (Fsp3) is 0.409. The van der Waals surface area contributed by atoms with Gasteiger partial charge >= 0.3 is 0 Å². The standard InChI is InChI=1S/C22H28N6O/c1-3-24-22(27-11-9-17(2)20(15-27)28-12-10-23-16-28)25-14-19-13-21(29-26-19)18-7-5-4-6-8-18/h4-8,10,12-13,16-17,20H,3,9,11,14-15H2,1-2H3,(H,24,25). The van der Waals surface area contributed by atoms with Crippen LogP contribution in [0.15, 0.2) is 64.6 Å². The first-order valence-corrected chi connectivity index (χ1v) is 10.3. The highest BCUT2D eigenvalue weighted by atomic mass is 16.5. The van der Waals surface area contributed by atoms with E-state index in [1.807, 2.05) is 48.9 Å². The Balaban J connectivity index is 1.47. The van der Waals surface area contributed by atoms with Crippen LogP contribution in [-0.2, 0) is 6.54 Å². The van der Waals surface area contributed by atoms with E-state index in [0.29, 0.717) is 18.5 Å². The third-order valence-corrected chi connectivity index (χ3v) is 5.47. The molecule has 0 radical (unpaired) electrons. The number of rotatable bonds is 5.